The van der Waals surface area contributed by atoms with Crippen LogP contribution in [0.4, 0.5) is 0 Å². The topological polar surface area (TPSA) is 91.8 Å². The van der Waals surface area contributed by atoms with Gasteiger partial charge in [-0.15, -0.1) is 0 Å². The fourth-order valence-corrected chi connectivity index (χ4v) is 3.29. The first kappa shape index (κ1) is 14.7. The van der Waals surface area contributed by atoms with Crippen LogP contribution in [0.5, 0.6) is 0 Å². The number of nitrogens with zero attached hydrogens (tertiary/aromatic N) is 3. The number of nitrogens with one attached hydrogen (secondary N) is 1. The highest BCUT2D eigenvalue weighted by Gasteiger charge is 2.35. The zero-order valence-corrected chi connectivity index (χ0v) is 12.9. The Labute approximate surface area is 132 Å². The number of rotatable bonds is 5. The molecular formula is C15H16N4O2S. The molecule has 7 heteroatoms. The number of aryl methyl sites for hydroxylation is 1. The van der Waals surface area contributed by atoms with Crippen molar-refractivity contribution in [1.29, 1.82) is 5.26 Å². The Morgan fingerprint density at radius 2 is 2.32 bits per heavy atom. The highest BCUT2D eigenvalue weighted by atomic mass is 32.1. The highest BCUT2D eigenvalue weighted by molar-refractivity contribution is 7.08. The van der Waals surface area contributed by atoms with E-state index in [2.05, 4.69) is 21.5 Å². The van der Waals surface area contributed by atoms with Crippen LogP contribution >= 0.6 is 11.3 Å². The molecule has 2 heterocycles. The molecule has 0 saturated heterocycles. The lowest BCUT2D eigenvalue weighted by molar-refractivity contribution is -0.122. The van der Waals surface area contributed by atoms with Crippen LogP contribution in [0.3, 0.4) is 0 Å². The van der Waals surface area contributed by atoms with Crippen molar-refractivity contribution in [3.63, 3.8) is 0 Å². The molecule has 0 aliphatic heterocycles. The van der Waals surface area contributed by atoms with Crippen LogP contribution in [-0.2, 0) is 11.2 Å². The van der Waals surface area contributed by atoms with Gasteiger partial charge in [0.2, 0.25) is 17.6 Å². The second-order valence-corrected chi connectivity index (χ2v) is 6.25. The Balaban J connectivity index is 1.54. The van der Waals surface area contributed by atoms with Gasteiger partial charge >= 0.3 is 0 Å². The van der Waals surface area contributed by atoms with Crippen LogP contribution in [0, 0.1) is 11.3 Å². The van der Waals surface area contributed by atoms with Gasteiger partial charge in [-0.1, -0.05) is 5.16 Å². The molecule has 6 nitrogen and oxygen atoms in total. The molecule has 3 rings (SSSR count). The number of hydrogen-bond acceptors (Lipinski definition) is 6. The third-order valence-electron chi connectivity index (χ3n) is 3.86. The minimum absolute atomic E-state index is 0.140. The van der Waals surface area contributed by atoms with E-state index in [4.69, 9.17) is 4.52 Å². The number of hydrogen-bond donors (Lipinski definition) is 1. The molecule has 114 valence electrons. The minimum atomic E-state index is -0.673. The standard InChI is InChI=1S/C15H16N4O2S/c16-10-15(6-1-2-7-15)18-12(20)3-4-13-17-14(19-21-13)11-5-8-22-9-11/h5,8-9H,1-4,6-7H2,(H,18,20). The molecule has 2 aromatic heterocycles. The Morgan fingerprint density at radius 1 is 1.50 bits per heavy atom. The minimum Gasteiger partial charge on any atom is -0.339 e. The Hall–Kier alpha value is -2.20. The zero-order chi connectivity index (χ0) is 15.4. The van der Waals surface area contributed by atoms with Crippen LogP contribution in [0.15, 0.2) is 21.3 Å². The number of amides is 1. The van der Waals surface area contributed by atoms with Crippen molar-refractivity contribution in [3.8, 4) is 17.5 Å². The van der Waals surface area contributed by atoms with E-state index in [-0.39, 0.29) is 12.3 Å². The van der Waals surface area contributed by atoms with Gasteiger partial charge in [-0.05, 0) is 37.1 Å². The molecule has 1 aliphatic rings. The third kappa shape index (κ3) is 3.17. The van der Waals surface area contributed by atoms with Crippen LogP contribution in [-0.4, -0.2) is 21.6 Å². The number of carbonyl (C=O) groups excluding carboxylic acids is 1. The van der Waals surface area contributed by atoms with Crippen LogP contribution in [0.25, 0.3) is 11.4 Å². The molecule has 1 N–H and O–H groups in total. The van der Waals surface area contributed by atoms with Crippen molar-refractivity contribution in [2.45, 2.75) is 44.1 Å². The molecule has 1 saturated carbocycles. The lowest BCUT2D eigenvalue weighted by atomic mass is 9.99. The van der Waals surface area contributed by atoms with Gasteiger partial charge < -0.3 is 9.84 Å². The van der Waals surface area contributed by atoms with Crippen molar-refractivity contribution in [1.82, 2.24) is 15.5 Å². The second-order valence-electron chi connectivity index (χ2n) is 5.47. The SMILES string of the molecule is N#CC1(NC(=O)CCc2nc(-c3ccsc3)no2)CCCC1. The molecule has 0 bridgehead atoms. The molecule has 1 fully saturated rings. The number of nitriles is 1. The molecule has 1 amide bonds. The van der Waals surface area contributed by atoms with E-state index < -0.39 is 5.54 Å². The second kappa shape index (κ2) is 6.28. The van der Waals surface area contributed by atoms with Gasteiger partial charge in [-0.2, -0.15) is 21.6 Å². The molecule has 0 spiro atoms. The fraction of sp³-hybridized carbons (Fsp3) is 0.467. The van der Waals surface area contributed by atoms with E-state index in [1.807, 2.05) is 16.8 Å². The summed E-state index contributed by atoms with van der Waals surface area (Å²) in [4.78, 5) is 16.3. The molecule has 0 unspecified atom stereocenters. The normalized spacial score (nSPS) is 16.3. The van der Waals surface area contributed by atoms with Crippen molar-refractivity contribution < 1.29 is 9.32 Å². The Morgan fingerprint density at radius 3 is 3.00 bits per heavy atom. The Kier molecular flexibility index (Phi) is 4.20. The summed E-state index contributed by atoms with van der Waals surface area (Å²) in [5.74, 6) is 0.841. The van der Waals surface area contributed by atoms with E-state index in [1.54, 1.807) is 11.3 Å². The summed E-state index contributed by atoms with van der Waals surface area (Å²) in [6.45, 7) is 0. The molecule has 0 radical (unpaired) electrons. The number of carbonyl (C=O) groups is 1. The summed E-state index contributed by atoms with van der Waals surface area (Å²) in [6, 6.07) is 4.17. The van der Waals surface area contributed by atoms with Gasteiger partial charge in [-0.3, -0.25) is 4.79 Å². The van der Waals surface area contributed by atoms with E-state index in [1.165, 1.54) is 0 Å². The smallest absolute Gasteiger partial charge is 0.227 e. The molecule has 2 aromatic rings. The summed E-state index contributed by atoms with van der Waals surface area (Å²) in [7, 11) is 0. The predicted molar refractivity (Wildman–Crippen MR) is 80.9 cm³/mol. The van der Waals surface area contributed by atoms with E-state index >= 15 is 0 Å². The molecule has 22 heavy (non-hydrogen) atoms. The van der Waals surface area contributed by atoms with Crippen molar-refractivity contribution in [3.05, 3.63) is 22.7 Å². The fourth-order valence-electron chi connectivity index (χ4n) is 2.66. The maximum Gasteiger partial charge on any atom is 0.227 e. The predicted octanol–water partition coefficient (Wildman–Crippen LogP) is 2.68. The Bertz CT molecular complexity index is 681. The lowest BCUT2D eigenvalue weighted by Crippen LogP contribution is -2.45. The first-order valence-electron chi connectivity index (χ1n) is 7.28. The quantitative estimate of drug-likeness (QED) is 0.915. The van der Waals surface area contributed by atoms with Crippen LogP contribution < -0.4 is 5.32 Å². The number of aromatic nitrogens is 2. The van der Waals surface area contributed by atoms with Gasteiger partial charge in [-0.25, -0.2) is 0 Å². The summed E-state index contributed by atoms with van der Waals surface area (Å²) in [5.41, 5.74) is 0.243. The summed E-state index contributed by atoms with van der Waals surface area (Å²) in [6.07, 6.45) is 4.07. The molecule has 0 atom stereocenters. The average molecular weight is 316 g/mol. The number of thiophene rings is 1. The first-order valence-corrected chi connectivity index (χ1v) is 8.22. The average Bonchev–Trinajstić information content (AvgIpc) is 3.26. The maximum atomic E-state index is 12.0. The summed E-state index contributed by atoms with van der Waals surface area (Å²) in [5, 5.41) is 19.9. The molecule has 0 aromatic carbocycles. The van der Waals surface area contributed by atoms with Crippen molar-refractivity contribution in [2.75, 3.05) is 0 Å². The van der Waals surface area contributed by atoms with Gasteiger partial charge in [0.05, 0.1) is 6.07 Å². The van der Waals surface area contributed by atoms with Gasteiger partial charge in [0.25, 0.3) is 0 Å². The molecule has 1 aliphatic carbocycles. The summed E-state index contributed by atoms with van der Waals surface area (Å²) >= 11 is 1.57. The van der Waals surface area contributed by atoms with Gasteiger partial charge in [0.1, 0.15) is 5.54 Å². The van der Waals surface area contributed by atoms with E-state index in [0.717, 1.165) is 31.2 Å². The summed E-state index contributed by atoms with van der Waals surface area (Å²) < 4.78 is 5.16. The lowest BCUT2D eigenvalue weighted by Gasteiger charge is -2.21. The first-order chi connectivity index (χ1) is 10.7. The van der Waals surface area contributed by atoms with Crippen LogP contribution in [0.1, 0.15) is 38.0 Å². The maximum absolute atomic E-state index is 12.0. The van der Waals surface area contributed by atoms with Gasteiger partial charge in [0, 0.05) is 23.8 Å². The zero-order valence-electron chi connectivity index (χ0n) is 12.0. The monoisotopic (exact) mass is 316 g/mol. The van der Waals surface area contributed by atoms with Crippen LogP contribution in [0.2, 0.25) is 0 Å². The third-order valence-corrected chi connectivity index (χ3v) is 4.55. The van der Waals surface area contributed by atoms with Crippen molar-refractivity contribution >= 4 is 17.2 Å². The van der Waals surface area contributed by atoms with E-state index in [0.29, 0.717) is 18.1 Å². The van der Waals surface area contributed by atoms with Gasteiger partial charge in [0.15, 0.2) is 0 Å². The highest BCUT2D eigenvalue weighted by Crippen LogP contribution is 2.29. The van der Waals surface area contributed by atoms with Crippen molar-refractivity contribution in [2.24, 2.45) is 0 Å². The van der Waals surface area contributed by atoms with E-state index in [9.17, 15) is 10.1 Å². The molecular weight excluding hydrogens is 300 g/mol. The largest absolute Gasteiger partial charge is 0.339 e.